The third-order valence-corrected chi connectivity index (χ3v) is 4.82. The van der Waals surface area contributed by atoms with Crippen LogP contribution in [0.2, 0.25) is 5.02 Å². The molecule has 2 rings (SSSR count). The number of halogens is 1. The molecule has 1 atom stereocenters. The van der Waals surface area contributed by atoms with Gasteiger partial charge in [0.05, 0.1) is 10.7 Å². The van der Waals surface area contributed by atoms with Gasteiger partial charge < -0.3 is 15.1 Å². The largest absolute Gasteiger partial charge is 0.370 e. The van der Waals surface area contributed by atoms with E-state index < -0.39 is 0 Å². The Kier molecular flexibility index (Phi) is 5.30. The lowest BCUT2D eigenvalue weighted by Gasteiger charge is -2.36. The van der Waals surface area contributed by atoms with Gasteiger partial charge in [0.2, 0.25) is 0 Å². The van der Waals surface area contributed by atoms with Crippen molar-refractivity contribution in [2.24, 2.45) is 0 Å². The van der Waals surface area contributed by atoms with Crippen LogP contribution in [0.1, 0.15) is 31.4 Å². The van der Waals surface area contributed by atoms with Crippen LogP contribution in [0.5, 0.6) is 0 Å². The molecule has 1 aromatic carbocycles. The van der Waals surface area contributed by atoms with Crippen LogP contribution in [-0.2, 0) is 0 Å². The summed E-state index contributed by atoms with van der Waals surface area (Å²) >= 11 is 6.49. The van der Waals surface area contributed by atoms with Gasteiger partial charge >= 0.3 is 0 Å². The van der Waals surface area contributed by atoms with Gasteiger partial charge in [0.1, 0.15) is 0 Å². The lowest BCUT2D eigenvalue weighted by Crippen LogP contribution is -2.42. The van der Waals surface area contributed by atoms with Gasteiger partial charge in [-0.2, -0.15) is 0 Å². The first-order valence-electron chi connectivity index (χ1n) is 7.41. The van der Waals surface area contributed by atoms with Gasteiger partial charge in [0.15, 0.2) is 0 Å². The maximum atomic E-state index is 6.49. The molecule has 20 heavy (non-hydrogen) atoms. The van der Waals surface area contributed by atoms with Gasteiger partial charge in [0.25, 0.3) is 0 Å². The smallest absolute Gasteiger partial charge is 0.0642 e. The van der Waals surface area contributed by atoms with Crippen LogP contribution in [0, 0.1) is 0 Å². The number of rotatable bonds is 4. The Morgan fingerprint density at radius 2 is 2.00 bits per heavy atom. The molecule has 0 amide bonds. The lowest BCUT2D eigenvalue weighted by atomic mass is 10.0. The summed E-state index contributed by atoms with van der Waals surface area (Å²) in [5, 5.41) is 4.10. The number of likely N-dealkylation sites (tertiary alicyclic amines) is 1. The Morgan fingerprint density at radius 1 is 1.35 bits per heavy atom. The second-order valence-electron chi connectivity index (χ2n) is 5.87. The van der Waals surface area contributed by atoms with Crippen molar-refractivity contribution in [2.75, 3.05) is 39.1 Å². The number of hydrogen-bond donors (Lipinski definition) is 1. The maximum Gasteiger partial charge on any atom is 0.0642 e. The zero-order valence-corrected chi connectivity index (χ0v) is 13.7. The van der Waals surface area contributed by atoms with Gasteiger partial charge in [0, 0.05) is 19.1 Å². The highest BCUT2D eigenvalue weighted by Gasteiger charge is 2.22. The Balaban J connectivity index is 2.12. The van der Waals surface area contributed by atoms with E-state index in [-0.39, 0.29) is 0 Å². The average molecular weight is 296 g/mol. The number of piperidine rings is 1. The van der Waals surface area contributed by atoms with Crippen molar-refractivity contribution in [3.63, 3.8) is 0 Å². The van der Waals surface area contributed by atoms with E-state index in [1.165, 1.54) is 31.5 Å². The summed E-state index contributed by atoms with van der Waals surface area (Å²) in [6.45, 7) is 4.48. The average Bonchev–Trinajstić information content (AvgIpc) is 2.46. The molecule has 0 aromatic heterocycles. The first-order valence-corrected chi connectivity index (χ1v) is 7.78. The molecule has 0 saturated carbocycles. The molecule has 112 valence electrons. The highest BCUT2D eigenvalue weighted by atomic mass is 35.5. The Morgan fingerprint density at radius 3 is 2.55 bits per heavy atom. The van der Waals surface area contributed by atoms with Gasteiger partial charge in [-0.1, -0.05) is 17.7 Å². The molecule has 4 heteroatoms. The first kappa shape index (κ1) is 15.6. The molecule has 1 N–H and O–H groups in total. The predicted molar refractivity (Wildman–Crippen MR) is 87.8 cm³/mol. The van der Waals surface area contributed by atoms with Gasteiger partial charge in [-0.25, -0.2) is 0 Å². The predicted octanol–water partition coefficient (Wildman–Crippen LogP) is 3.15. The molecule has 1 aliphatic rings. The summed E-state index contributed by atoms with van der Waals surface area (Å²) < 4.78 is 0. The van der Waals surface area contributed by atoms with Crippen molar-refractivity contribution in [3.8, 4) is 0 Å². The van der Waals surface area contributed by atoms with Crippen LogP contribution in [0.25, 0.3) is 0 Å². The lowest BCUT2D eigenvalue weighted by molar-refractivity contribution is 0.253. The second-order valence-corrected chi connectivity index (χ2v) is 6.27. The first-order chi connectivity index (χ1) is 9.52. The van der Waals surface area contributed by atoms with Crippen molar-refractivity contribution in [1.82, 2.24) is 10.2 Å². The van der Waals surface area contributed by atoms with E-state index in [0.29, 0.717) is 12.1 Å². The Bertz CT molecular complexity index is 441. The van der Waals surface area contributed by atoms with E-state index >= 15 is 0 Å². The summed E-state index contributed by atoms with van der Waals surface area (Å²) in [4.78, 5) is 4.74. The molecule has 0 bridgehead atoms. The van der Waals surface area contributed by atoms with E-state index in [2.05, 4.69) is 54.3 Å². The molecule has 1 aliphatic heterocycles. The zero-order valence-electron chi connectivity index (χ0n) is 13.0. The standard InChI is InChI=1S/C16H26ClN3/c1-12(18-2)13-5-6-16(15(17)11-13)20(4)14-7-9-19(3)10-8-14/h5-6,11-12,14,18H,7-10H2,1-4H3. The van der Waals surface area contributed by atoms with Gasteiger partial charge in [-0.3, -0.25) is 0 Å². The number of nitrogens with zero attached hydrogens (tertiary/aromatic N) is 2. The molecule has 1 aromatic rings. The third kappa shape index (κ3) is 3.46. The minimum Gasteiger partial charge on any atom is -0.370 e. The van der Waals surface area contributed by atoms with Crippen molar-refractivity contribution < 1.29 is 0 Å². The fraction of sp³-hybridized carbons (Fsp3) is 0.625. The minimum atomic E-state index is 0.329. The maximum absolute atomic E-state index is 6.49. The summed E-state index contributed by atoms with van der Waals surface area (Å²) in [6.07, 6.45) is 2.41. The van der Waals surface area contributed by atoms with Crippen molar-refractivity contribution in [2.45, 2.75) is 31.8 Å². The molecular formula is C16H26ClN3. The summed E-state index contributed by atoms with van der Waals surface area (Å²) in [5.74, 6) is 0. The number of hydrogen-bond acceptors (Lipinski definition) is 3. The van der Waals surface area contributed by atoms with E-state index in [1.54, 1.807) is 0 Å². The second kappa shape index (κ2) is 6.79. The number of benzene rings is 1. The fourth-order valence-corrected chi connectivity index (χ4v) is 3.15. The zero-order chi connectivity index (χ0) is 14.7. The van der Waals surface area contributed by atoms with Gasteiger partial charge in [-0.05, 0) is 64.6 Å². The molecule has 1 unspecified atom stereocenters. The molecule has 3 nitrogen and oxygen atoms in total. The van der Waals surface area contributed by atoms with Crippen LogP contribution in [-0.4, -0.2) is 45.2 Å². The number of anilines is 1. The molecule has 0 spiro atoms. The monoisotopic (exact) mass is 295 g/mol. The normalized spacial score (nSPS) is 19.1. The minimum absolute atomic E-state index is 0.329. The van der Waals surface area contributed by atoms with Crippen LogP contribution in [0.4, 0.5) is 5.69 Å². The molecule has 0 radical (unpaired) electrons. The van der Waals surface area contributed by atoms with Crippen LogP contribution in [0.15, 0.2) is 18.2 Å². The van der Waals surface area contributed by atoms with Crippen LogP contribution < -0.4 is 10.2 Å². The SMILES string of the molecule is CNC(C)c1ccc(N(C)C2CCN(C)CC2)c(Cl)c1. The molecule has 1 saturated heterocycles. The summed E-state index contributed by atoms with van der Waals surface area (Å²) in [6, 6.07) is 7.34. The highest BCUT2D eigenvalue weighted by Crippen LogP contribution is 2.31. The summed E-state index contributed by atoms with van der Waals surface area (Å²) in [7, 11) is 6.33. The molecule has 1 heterocycles. The van der Waals surface area contributed by atoms with Crippen molar-refractivity contribution in [1.29, 1.82) is 0 Å². The van der Waals surface area contributed by atoms with E-state index in [1.807, 2.05) is 7.05 Å². The molecule has 1 fully saturated rings. The molecule has 0 aliphatic carbocycles. The van der Waals surface area contributed by atoms with E-state index in [9.17, 15) is 0 Å². The van der Waals surface area contributed by atoms with Crippen molar-refractivity contribution in [3.05, 3.63) is 28.8 Å². The fourth-order valence-electron chi connectivity index (χ4n) is 2.82. The number of nitrogens with one attached hydrogen (secondary N) is 1. The van der Waals surface area contributed by atoms with E-state index in [4.69, 9.17) is 11.6 Å². The summed E-state index contributed by atoms with van der Waals surface area (Å²) in [5.41, 5.74) is 2.38. The quantitative estimate of drug-likeness (QED) is 0.920. The molecular weight excluding hydrogens is 270 g/mol. The van der Waals surface area contributed by atoms with Crippen LogP contribution >= 0.6 is 11.6 Å². The van der Waals surface area contributed by atoms with Gasteiger partial charge in [-0.15, -0.1) is 0 Å². The third-order valence-electron chi connectivity index (χ3n) is 4.52. The van der Waals surface area contributed by atoms with Crippen LogP contribution in [0.3, 0.4) is 0 Å². The Hall–Kier alpha value is -0.770. The van der Waals surface area contributed by atoms with Crippen molar-refractivity contribution >= 4 is 17.3 Å². The van der Waals surface area contributed by atoms with E-state index in [0.717, 1.165) is 10.7 Å². The Labute approximate surface area is 127 Å². The highest BCUT2D eigenvalue weighted by molar-refractivity contribution is 6.33. The topological polar surface area (TPSA) is 18.5 Å².